The fourth-order valence-electron chi connectivity index (χ4n) is 3.54. The van der Waals surface area contributed by atoms with Crippen molar-refractivity contribution in [2.75, 3.05) is 0 Å². The fraction of sp³-hybridized carbons (Fsp3) is 0.280. The standard InChI is InChI=1S/C25H32NPSi/c1-25(2,3)21-17-19-24(20-18-21)27(26-28(4,5)6,22-13-9-7-10-14-22)23-15-11-8-12-16-23/h7-20H,1-6H3. The van der Waals surface area contributed by atoms with Crippen molar-refractivity contribution in [3.8, 4) is 0 Å². The normalized spacial score (nSPS) is 12.6. The predicted molar refractivity (Wildman–Crippen MR) is 130 cm³/mol. The Balaban J connectivity index is 2.39. The summed E-state index contributed by atoms with van der Waals surface area (Å²) in [6, 6.07) is 31.1. The van der Waals surface area contributed by atoms with Gasteiger partial charge >= 0.3 is 0 Å². The first-order chi connectivity index (χ1) is 13.1. The quantitative estimate of drug-likeness (QED) is 0.357. The minimum absolute atomic E-state index is 0.148. The van der Waals surface area contributed by atoms with Gasteiger partial charge in [-0.05, 0) is 26.9 Å². The molecule has 0 heterocycles. The lowest BCUT2D eigenvalue weighted by molar-refractivity contribution is 0.590. The van der Waals surface area contributed by atoms with Crippen molar-refractivity contribution in [2.24, 2.45) is 4.41 Å². The highest BCUT2D eigenvalue weighted by Gasteiger charge is 2.30. The highest BCUT2D eigenvalue weighted by Crippen LogP contribution is 2.48. The van der Waals surface area contributed by atoms with Crippen molar-refractivity contribution in [3.05, 3.63) is 90.5 Å². The Bertz CT molecular complexity index is 920. The first kappa shape index (κ1) is 20.8. The summed E-state index contributed by atoms with van der Waals surface area (Å²) in [6.45, 7) is 13.8. The molecule has 146 valence electrons. The van der Waals surface area contributed by atoms with E-state index in [0.29, 0.717) is 0 Å². The SMILES string of the molecule is CC(C)(C)c1ccc(P(=N[Si](C)(C)C)(c2ccccc2)c2ccccc2)cc1. The molecule has 28 heavy (non-hydrogen) atoms. The molecule has 0 aliphatic rings. The van der Waals surface area contributed by atoms with Crippen LogP contribution < -0.4 is 15.9 Å². The first-order valence-corrected chi connectivity index (χ1v) is 15.2. The Morgan fingerprint density at radius 1 is 0.607 bits per heavy atom. The van der Waals surface area contributed by atoms with E-state index >= 15 is 0 Å². The molecule has 3 heteroatoms. The van der Waals surface area contributed by atoms with Gasteiger partial charge < -0.3 is 4.41 Å². The minimum atomic E-state index is -2.06. The predicted octanol–water partition coefficient (Wildman–Crippen LogP) is 6.30. The lowest BCUT2D eigenvalue weighted by atomic mass is 9.87. The second kappa shape index (κ2) is 7.85. The van der Waals surface area contributed by atoms with E-state index in [2.05, 4.69) is 125 Å². The van der Waals surface area contributed by atoms with Gasteiger partial charge in [-0.2, -0.15) is 0 Å². The van der Waals surface area contributed by atoms with E-state index in [9.17, 15) is 0 Å². The first-order valence-electron chi connectivity index (χ1n) is 9.99. The average molecular weight is 406 g/mol. The van der Waals surface area contributed by atoms with Crippen molar-refractivity contribution < 1.29 is 0 Å². The van der Waals surface area contributed by atoms with Crippen molar-refractivity contribution >= 4 is 31.2 Å². The minimum Gasteiger partial charge on any atom is -0.325 e. The van der Waals surface area contributed by atoms with Gasteiger partial charge in [-0.15, -0.1) is 0 Å². The maximum Gasteiger partial charge on any atom is 0.171 e. The number of rotatable bonds is 4. The summed E-state index contributed by atoms with van der Waals surface area (Å²) >= 11 is 0. The Hall–Kier alpha value is -1.89. The Labute approximate surface area is 172 Å². The fourth-order valence-corrected chi connectivity index (χ4v) is 11.2. The Morgan fingerprint density at radius 3 is 1.36 bits per heavy atom. The van der Waals surface area contributed by atoms with Crippen LogP contribution >= 0.6 is 7.05 Å². The number of hydrogen-bond acceptors (Lipinski definition) is 1. The van der Waals surface area contributed by atoms with Gasteiger partial charge in [0.15, 0.2) is 8.24 Å². The largest absolute Gasteiger partial charge is 0.325 e. The van der Waals surface area contributed by atoms with Gasteiger partial charge in [0.05, 0.1) is 0 Å². The van der Waals surface area contributed by atoms with Crippen LogP contribution in [0.2, 0.25) is 19.6 Å². The summed E-state index contributed by atoms with van der Waals surface area (Å²) in [4.78, 5) is 0. The van der Waals surface area contributed by atoms with Crippen molar-refractivity contribution in [1.29, 1.82) is 0 Å². The summed E-state index contributed by atoms with van der Waals surface area (Å²) in [5, 5.41) is 4.03. The highest BCUT2D eigenvalue weighted by molar-refractivity contribution is 7.88. The monoisotopic (exact) mass is 405 g/mol. The molecule has 0 saturated heterocycles. The molecule has 0 N–H and O–H groups in total. The van der Waals surface area contributed by atoms with Gasteiger partial charge in [-0.25, -0.2) is 0 Å². The van der Waals surface area contributed by atoms with Crippen molar-refractivity contribution in [1.82, 2.24) is 0 Å². The lowest BCUT2D eigenvalue weighted by Gasteiger charge is -2.31. The highest BCUT2D eigenvalue weighted by atomic mass is 31.2. The molecular weight excluding hydrogens is 373 g/mol. The van der Waals surface area contributed by atoms with Crippen molar-refractivity contribution in [3.63, 3.8) is 0 Å². The molecule has 0 radical (unpaired) electrons. The molecule has 0 atom stereocenters. The third-order valence-electron chi connectivity index (χ3n) is 4.82. The van der Waals surface area contributed by atoms with Crippen LogP contribution in [-0.2, 0) is 5.41 Å². The van der Waals surface area contributed by atoms with E-state index in [-0.39, 0.29) is 5.41 Å². The summed E-state index contributed by atoms with van der Waals surface area (Å²) in [5.41, 5.74) is 1.51. The molecule has 0 spiro atoms. The zero-order valence-corrected chi connectivity index (χ0v) is 19.9. The van der Waals surface area contributed by atoms with Gasteiger partial charge in [0, 0.05) is 7.05 Å². The summed E-state index contributed by atoms with van der Waals surface area (Å²) < 4.78 is 5.69. The number of hydrogen-bond donors (Lipinski definition) is 0. The zero-order valence-electron chi connectivity index (χ0n) is 18.0. The van der Waals surface area contributed by atoms with E-state index in [1.165, 1.54) is 21.5 Å². The zero-order chi connectivity index (χ0) is 20.4. The molecule has 0 bridgehead atoms. The van der Waals surface area contributed by atoms with Crippen LogP contribution in [0.5, 0.6) is 0 Å². The van der Waals surface area contributed by atoms with Gasteiger partial charge in [0.2, 0.25) is 0 Å². The average Bonchev–Trinajstić information content (AvgIpc) is 2.66. The maximum absolute atomic E-state index is 5.69. The molecular formula is C25H32NPSi. The molecule has 1 nitrogen and oxygen atoms in total. The topological polar surface area (TPSA) is 12.4 Å². The molecule has 0 aliphatic carbocycles. The van der Waals surface area contributed by atoms with Crippen LogP contribution in [0.1, 0.15) is 26.3 Å². The third kappa shape index (κ3) is 4.40. The van der Waals surface area contributed by atoms with E-state index in [1.54, 1.807) is 0 Å². The van der Waals surface area contributed by atoms with Crippen LogP contribution in [0.3, 0.4) is 0 Å². The molecule has 0 amide bonds. The van der Waals surface area contributed by atoms with Crippen LogP contribution in [0.4, 0.5) is 0 Å². The number of benzene rings is 3. The number of nitrogens with zero attached hydrogens (tertiary/aromatic N) is 1. The molecule has 3 aromatic rings. The Kier molecular flexibility index (Phi) is 5.84. The molecule has 0 fully saturated rings. The van der Waals surface area contributed by atoms with Crippen molar-refractivity contribution in [2.45, 2.75) is 45.8 Å². The molecule has 0 aromatic heterocycles. The second-order valence-corrected chi connectivity index (χ2v) is 17.3. The van der Waals surface area contributed by atoms with E-state index < -0.39 is 15.3 Å². The van der Waals surface area contributed by atoms with Gasteiger partial charge in [0.1, 0.15) is 0 Å². The van der Waals surface area contributed by atoms with Gasteiger partial charge in [-0.3, -0.25) is 0 Å². The summed E-state index contributed by atoms with van der Waals surface area (Å²) in [6.07, 6.45) is 0. The van der Waals surface area contributed by atoms with Crippen LogP contribution in [0, 0.1) is 0 Å². The van der Waals surface area contributed by atoms with E-state index in [0.717, 1.165) is 0 Å². The third-order valence-corrected chi connectivity index (χ3v) is 11.6. The van der Waals surface area contributed by atoms with Crippen LogP contribution in [0.25, 0.3) is 0 Å². The summed E-state index contributed by atoms with van der Waals surface area (Å²) in [7, 11) is -3.78. The van der Waals surface area contributed by atoms with E-state index in [1.807, 2.05) is 0 Å². The molecule has 0 unspecified atom stereocenters. The van der Waals surface area contributed by atoms with E-state index in [4.69, 9.17) is 4.41 Å². The van der Waals surface area contributed by atoms with Gasteiger partial charge in [0.25, 0.3) is 0 Å². The van der Waals surface area contributed by atoms with Crippen LogP contribution in [0.15, 0.2) is 89.3 Å². The smallest absolute Gasteiger partial charge is 0.171 e. The lowest BCUT2D eigenvalue weighted by Crippen LogP contribution is -2.30. The summed E-state index contributed by atoms with van der Waals surface area (Å²) in [5.74, 6) is 0. The second-order valence-electron chi connectivity index (χ2n) is 9.37. The maximum atomic E-state index is 5.69. The molecule has 3 rings (SSSR count). The molecule has 0 saturated carbocycles. The molecule has 3 aromatic carbocycles. The van der Waals surface area contributed by atoms with Crippen LogP contribution in [-0.4, -0.2) is 8.24 Å². The van der Waals surface area contributed by atoms with Gasteiger partial charge in [-0.1, -0.05) is 125 Å². The Morgan fingerprint density at radius 2 is 1.00 bits per heavy atom. The molecule has 0 aliphatic heterocycles.